The molecule has 19 heavy (non-hydrogen) atoms. The van der Waals surface area contributed by atoms with Crippen molar-refractivity contribution < 1.29 is 0 Å². The van der Waals surface area contributed by atoms with Crippen LogP contribution in [-0.4, -0.2) is 16.0 Å². The molecule has 2 atom stereocenters. The minimum atomic E-state index is -0.0876. The van der Waals surface area contributed by atoms with E-state index in [4.69, 9.17) is 5.84 Å². The van der Waals surface area contributed by atoms with Crippen molar-refractivity contribution in [1.82, 2.24) is 9.97 Å². The maximum Gasteiger partial charge on any atom is 0.145 e. The molecule has 5 heteroatoms. The van der Waals surface area contributed by atoms with Crippen molar-refractivity contribution >= 4 is 11.6 Å². The number of hydrazine groups is 1. The Bertz CT molecular complexity index is 438. The molecule has 1 saturated carbocycles. The zero-order chi connectivity index (χ0) is 14.0. The van der Waals surface area contributed by atoms with E-state index in [-0.39, 0.29) is 5.41 Å². The number of rotatable bonds is 5. The van der Waals surface area contributed by atoms with Crippen LogP contribution in [0.1, 0.15) is 52.8 Å². The van der Waals surface area contributed by atoms with Crippen LogP contribution in [0.3, 0.4) is 0 Å². The van der Waals surface area contributed by atoms with Gasteiger partial charge in [0.15, 0.2) is 0 Å². The van der Waals surface area contributed by atoms with Gasteiger partial charge < -0.3 is 10.7 Å². The van der Waals surface area contributed by atoms with Gasteiger partial charge in [-0.05, 0) is 18.8 Å². The van der Waals surface area contributed by atoms with Crippen LogP contribution < -0.4 is 16.6 Å². The normalized spacial score (nSPS) is 22.2. The van der Waals surface area contributed by atoms with E-state index in [2.05, 4.69) is 48.4 Å². The summed E-state index contributed by atoms with van der Waals surface area (Å²) in [5.41, 5.74) is 2.53. The minimum Gasteiger partial charge on any atom is -0.367 e. The van der Waals surface area contributed by atoms with E-state index < -0.39 is 0 Å². The number of aromatic nitrogens is 2. The van der Waals surface area contributed by atoms with Crippen LogP contribution in [0.5, 0.6) is 0 Å². The Hall–Kier alpha value is -1.36. The summed E-state index contributed by atoms with van der Waals surface area (Å²) >= 11 is 0. The van der Waals surface area contributed by atoms with E-state index in [0.717, 1.165) is 17.6 Å². The Morgan fingerprint density at radius 1 is 1.32 bits per heavy atom. The molecule has 0 aliphatic heterocycles. The van der Waals surface area contributed by atoms with Crippen LogP contribution in [0.4, 0.5) is 11.6 Å². The van der Waals surface area contributed by atoms with Gasteiger partial charge in [-0.2, -0.15) is 0 Å². The van der Waals surface area contributed by atoms with Gasteiger partial charge >= 0.3 is 0 Å². The van der Waals surface area contributed by atoms with Gasteiger partial charge in [0.1, 0.15) is 17.5 Å². The number of nitrogens with one attached hydrogen (secondary N) is 2. The molecule has 1 heterocycles. The molecule has 1 aliphatic rings. The first-order valence-electron chi connectivity index (χ1n) is 7.06. The second-order valence-electron chi connectivity index (χ2n) is 6.39. The Labute approximate surface area is 115 Å². The van der Waals surface area contributed by atoms with Crippen molar-refractivity contribution in [3.63, 3.8) is 0 Å². The van der Waals surface area contributed by atoms with Crippen LogP contribution >= 0.6 is 0 Å². The number of nitrogens with two attached hydrogens (primary N) is 1. The predicted octanol–water partition coefficient (Wildman–Crippen LogP) is 2.66. The van der Waals surface area contributed by atoms with Crippen molar-refractivity contribution in [2.75, 3.05) is 10.7 Å². The van der Waals surface area contributed by atoms with Gasteiger partial charge in [-0.1, -0.05) is 34.1 Å². The maximum atomic E-state index is 5.48. The molecule has 2 unspecified atom stereocenters. The lowest BCUT2D eigenvalue weighted by Gasteiger charge is -2.18. The topological polar surface area (TPSA) is 75.9 Å². The average molecular weight is 263 g/mol. The van der Waals surface area contributed by atoms with Gasteiger partial charge in [-0.25, -0.2) is 15.8 Å². The molecule has 1 fully saturated rings. The predicted molar refractivity (Wildman–Crippen MR) is 79.0 cm³/mol. The Kier molecular flexibility index (Phi) is 3.94. The van der Waals surface area contributed by atoms with E-state index in [1.165, 1.54) is 19.3 Å². The van der Waals surface area contributed by atoms with Crippen LogP contribution in [0, 0.1) is 5.92 Å². The fraction of sp³-hybridized carbons (Fsp3) is 0.714. The molecule has 1 aromatic heterocycles. The monoisotopic (exact) mass is 263 g/mol. The highest BCUT2D eigenvalue weighted by Crippen LogP contribution is 2.37. The smallest absolute Gasteiger partial charge is 0.145 e. The molecule has 4 N–H and O–H groups in total. The van der Waals surface area contributed by atoms with E-state index in [9.17, 15) is 0 Å². The molecule has 1 aliphatic carbocycles. The minimum absolute atomic E-state index is 0.0876. The van der Waals surface area contributed by atoms with Crippen molar-refractivity contribution in [1.29, 1.82) is 0 Å². The van der Waals surface area contributed by atoms with Crippen LogP contribution in [0.25, 0.3) is 0 Å². The van der Waals surface area contributed by atoms with Crippen LogP contribution in [-0.2, 0) is 5.41 Å². The highest BCUT2D eigenvalue weighted by Gasteiger charge is 2.36. The van der Waals surface area contributed by atoms with Crippen molar-refractivity contribution in [2.24, 2.45) is 11.8 Å². The lowest BCUT2D eigenvalue weighted by Crippen LogP contribution is -2.20. The number of anilines is 2. The van der Waals surface area contributed by atoms with E-state index in [1.54, 1.807) is 0 Å². The average Bonchev–Trinajstić information content (AvgIpc) is 3.06. The van der Waals surface area contributed by atoms with Gasteiger partial charge in [-0.3, -0.25) is 0 Å². The van der Waals surface area contributed by atoms with E-state index >= 15 is 0 Å². The largest absolute Gasteiger partial charge is 0.367 e. The van der Waals surface area contributed by atoms with Gasteiger partial charge in [0.05, 0.1) is 0 Å². The fourth-order valence-electron chi connectivity index (χ4n) is 2.23. The summed E-state index contributed by atoms with van der Waals surface area (Å²) in [5.74, 6) is 8.62. The summed E-state index contributed by atoms with van der Waals surface area (Å²) in [6.07, 6.45) is 3.78. The molecular weight excluding hydrogens is 238 g/mol. The lowest BCUT2D eigenvalue weighted by molar-refractivity contribution is 0.546. The quantitative estimate of drug-likeness (QED) is 0.562. The molecule has 0 amide bonds. The van der Waals surface area contributed by atoms with Crippen molar-refractivity contribution in [3.05, 3.63) is 11.9 Å². The summed E-state index contributed by atoms with van der Waals surface area (Å²) in [4.78, 5) is 9.03. The number of nitrogens with zero attached hydrogens (tertiary/aromatic N) is 2. The summed E-state index contributed by atoms with van der Waals surface area (Å²) in [6, 6.07) is 2.43. The summed E-state index contributed by atoms with van der Waals surface area (Å²) in [6.45, 7) is 8.53. The highest BCUT2D eigenvalue weighted by molar-refractivity contribution is 5.48. The second-order valence-corrected chi connectivity index (χ2v) is 6.39. The molecule has 5 nitrogen and oxygen atoms in total. The van der Waals surface area contributed by atoms with Gasteiger partial charge in [-0.15, -0.1) is 0 Å². The summed E-state index contributed by atoms with van der Waals surface area (Å²) in [7, 11) is 0. The first-order chi connectivity index (χ1) is 8.94. The molecule has 0 spiro atoms. The van der Waals surface area contributed by atoms with Crippen molar-refractivity contribution in [2.45, 2.75) is 58.4 Å². The van der Waals surface area contributed by atoms with Gasteiger partial charge in [0.25, 0.3) is 0 Å². The SMILES string of the molecule is CCCC1CC1Nc1cc(NN)nc(C(C)(C)C)n1. The van der Waals surface area contributed by atoms with E-state index in [1.807, 2.05) is 6.07 Å². The highest BCUT2D eigenvalue weighted by atomic mass is 15.3. The first kappa shape index (κ1) is 14.1. The summed E-state index contributed by atoms with van der Waals surface area (Å²) in [5, 5.41) is 3.49. The lowest BCUT2D eigenvalue weighted by atomic mass is 9.96. The summed E-state index contributed by atoms with van der Waals surface area (Å²) < 4.78 is 0. The number of hydrogen-bond acceptors (Lipinski definition) is 5. The molecule has 0 aromatic carbocycles. The Morgan fingerprint density at radius 3 is 2.58 bits per heavy atom. The Balaban J connectivity index is 2.12. The molecular formula is C14H25N5. The van der Waals surface area contributed by atoms with Crippen LogP contribution in [0.15, 0.2) is 6.07 Å². The molecule has 0 bridgehead atoms. The molecule has 1 aromatic rings. The zero-order valence-corrected chi connectivity index (χ0v) is 12.3. The third-order valence-corrected chi connectivity index (χ3v) is 3.46. The third kappa shape index (κ3) is 3.56. The zero-order valence-electron chi connectivity index (χ0n) is 12.3. The number of hydrogen-bond donors (Lipinski definition) is 3. The maximum absolute atomic E-state index is 5.48. The molecule has 0 radical (unpaired) electrons. The molecule has 106 valence electrons. The molecule has 2 rings (SSSR count). The van der Waals surface area contributed by atoms with Crippen LogP contribution in [0.2, 0.25) is 0 Å². The first-order valence-corrected chi connectivity index (χ1v) is 7.06. The standard InChI is InChI=1S/C14H25N5/c1-5-6-9-7-10(9)16-11-8-12(19-15)18-13(17-11)14(2,3)4/h8-10H,5-7,15H2,1-4H3,(H2,16,17,18,19). The van der Waals surface area contributed by atoms with E-state index in [0.29, 0.717) is 11.9 Å². The number of nitrogen functional groups attached to an aromatic ring is 1. The second kappa shape index (κ2) is 5.33. The molecule has 0 saturated heterocycles. The van der Waals surface area contributed by atoms with Crippen molar-refractivity contribution in [3.8, 4) is 0 Å². The van der Waals surface area contributed by atoms with Gasteiger partial charge in [0, 0.05) is 17.5 Å². The third-order valence-electron chi connectivity index (χ3n) is 3.46. The Morgan fingerprint density at radius 2 is 2.00 bits per heavy atom. The fourth-order valence-corrected chi connectivity index (χ4v) is 2.23. The van der Waals surface area contributed by atoms with Gasteiger partial charge in [0.2, 0.25) is 0 Å².